The fourth-order valence-corrected chi connectivity index (χ4v) is 3.12. The second-order valence-electron chi connectivity index (χ2n) is 5.72. The van der Waals surface area contributed by atoms with Crippen LogP contribution < -0.4 is 10.9 Å². The number of anilines is 1. The van der Waals surface area contributed by atoms with Crippen molar-refractivity contribution in [3.63, 3.8) is 0 Å². The zero-order chi connectivity index (χ0) is 18.3. The molecular formula is C17H14N4O5. The lowest BCUT2D eigenvalue weighted by Crippen LogP contribution is -2.28. The van der Waals surface area contributed by atoms with Gasteiger partial charge >= 0.3 is 6.16 Å². The summed E-state index contributed by atoms with van der Waals surface area (Å²) in [5, 5.41) is 10.9. The predicted octanol–water partition coefficient (Wildman–Crippen LogP) is 2.48. The normalized spacial score (nSPS) is 16.2. The predicted molar refractivity (Wildman–Crippen MR) is 90.5 cm³/mol. The third-order valence-electron chi connectivity index (χ3n) is 4.23. The Balaban J connectivity index is 2.00. The minimum absolute atomic E-state index is 0.247. The zero-order valence-electron chi connectivity index (χ0n) is 13.9. The average molecular weight is 354 g/mol. The first-order valence-corrected chi connectivity index (χ1v) is 7.76. The fraction of sp³-hybridized carbons (Fsp3) is 0.176. The van der Waals surface area contributed by atoms with Gasteiger partial charge in [0.05, 0.1) is 24.3 Å². The van der Waals surface area contributed by atoms with Crippen LogP contribution in [-0.2, 0) is 9.47 Å². The number of benzene rings is 1. The lowest BCUT2D eigenvalue weighted by atomic mass is 9.85. The molecule has 132 valence electrons. The standard InChI is InChI=1S/C17H14N4O5/c1-8-15(25-17(23)24-2)12(13-10(19-8)6-7-18-16(13)22)9-4-3-5-11-14(9)21-26-20-11/h3-7,12,19H,1-2H3,(H,18,22). The summed E-state index contributed by atoms with van der Waals surface area (Å²) in [4.78, 5) is 27.0. The van der Waals surface area contributed by atoms with E-state index in [4.69, 9.17) is 9.37 Å². The van der Waals surface area contributed by atoms with E-state index < -0.39 is 12.1 Å². The zero-order valence-corrected chi connectivity index (χ0v) is 13.9. The summed E-state index contributed by atoms with van der Waals surface area (Å²) >= 11 is 0. The van der Waals surface area contributed by atoms with Gasteiger partial charge in [0.25, 0.3) is 5.56 Å². The molecule has 1 atom stereocenters. The van der Waals surface area contributed by atoms with Crippen LogP contribution in [0.5, 0.6) is 0 Å². The Hall–Kier alpha value is -3.62. The highest BCUT2D eigenvalue weighted by Crippen LogP contribution is 2.42. The quantitative estimate of drug-likeness (QED) is 0.674. The van der Waals surface area contributed by atoms with Crippen molar-refractivity contribution in [1.82, 2.24) is 15.3 Å². The number of methoxy groups -OCH3 is 1. The number of fused-ring (bicyclic) bond motifs is 2. The van der Waals surface area contributed by atoms with Crippen LogP contribution in [0.25, 0.3) is 11.0 Å². The maximum absolute atomic E-state index is 12.6. The third kappa shape index (κ3) is 2.41. The summed E-state index contributed by atoms with van der Waals surface area (Å²) in [5.41, 5.74) is 2.91. The molecule has 0 saturated heterocycles. The van der Waals surface area contributed by atoms with E-state index in [1.54, 1.807) is 37.4 Å². The van der Waals surface area contributed by atoms with Crippen LogP contribution in [0.2, 0.25) is 0 Å². The Bertz CT molecular complexity index is 1100. The molecule has 2 aromatic heterocycles. The molecule has 9 heteroatoms. The summed E-state index contributed by atoms with van der Waals surface area (Å²) in [6.45, 7) is 1.75. The van der Waals surface area contributed by atoms with E-state index in [9.17, 15) is 9.59 Å². The molecule has 3 aromatic rings. The van der Waals surface area contributed by atoms with Gasteiger partial charge in [-0.25, -0.2) is 9.42 Å². The van der Waals surface area contributed by atoms with Gasteiger partial charge in [-0.1, -0.05) is 12.1 Å². The molecule has 0 bridgehead atoms. The number of aromatic nitrogens is 3. The maximum Gasteiger partial charge on any atom is 0.513 e. The second-order valence-corrected chi connectivity index (χ2v) is 5.72. The molecule has 0 saturated carbocycles. The molecule has 1 aromatic carbocycles. The van der Waals surface area contributed by atoms with Gasteiger partial charge in [0.2, 0.25) is 0 Å². The van der Waals surface area contributed by atoms with Crippen molar-refractivity contribution in [3.8, 4) is 0 Å². The highest BCUT2D eigenvalue weighted by molar-refractivity contribution is 5.80. The lowest BCUT2D eigenvalue weighted by molar-refractivity contribution is 0.0929. The topological polar surface area (TPSA) is 119 Å². The van der Waals surface area contributed by atoms with Crippen molar-refractivity contribution in [2.24, 2.45) is 0 Å². The van der Waals surface area contributed by atoms with Crippen LogP contribution in [0.3, 0.4) is 0 Å². The summed E-state index contributed by atoms with van der Waals surface area (Å²) in [6.07, 6.45) is 0.663. The number of allylic oxidation sites excluding steroid dienone is 2. The molecule has 0 amide bonds. The molecule has 26 heavy (non-hydrogen) atoms. The van der Waals surface area contributed by atoms with Gasteiger partial charge in [0.1, 0.15) is 16.8 Å². The smallest absolute Gasteiger partial charge is 0.437 e. The Morgan fingerprint density at radius 3 is 2.92 bits per heavy atom. The van der Waals surface area contributed by atoms with Crippen LogP contribution in [0.1, 0.15) is 24.0 Å². The first-order valence-electron chi connectivity index (χ1n) is 7.76. The summed E-state index contributed by atoms with van der Waals surface area (Å²) in [6, 6.07) is 7.03. The molecule has 0 radical (unpaired) electrons. The largest absolute Gasteiger partial charge is 0.513 e. The van der Waals surface area contributed by atoms with Gasteiger partial charge in [0, 0.05) is 11.9 Å². The van der Waals surface area contributed by atoms with Crippen molar-refractivity contribution < 1.29 is 18.9 Å². The molecule has 0 aliphatic carbocycles. The SMILES string of the molecule is COC(=O)OC1=C(C)Nc2cc[nH]c(=O)c2C1c1cccc2nonc12. The van der Waals surface area contributed by atoms with Gasteiger partial charge in [-0.3, -0.25) is 4.79 Å². The third-order valence-corrected chi connectivity index (χ3v) is 4.23. The molecule has 1 aliphatic heterocycles. The lowest BCUT2D eigenvalue weighted by Gasteiger charge is -2.28. The molecule has 9 nitrogen and oxygen atoms in total. The molecule has 0 fully saturated rings. The summed E-state index contributed by atoms with van der Waals surface area (Å²) in [7, 11) is 1.21. The van der Waals surface area contributed by atoms with Crippen molar-refractivity contribution in [2.45, 2.75) is 12.8 Å². The average Bonchev–Trinajstić information content (AvgIpc) is 3.11. The Morgan fingerprint density at radius 1 is 1.27 bits per heavy atom. The monoisotopic (exact) mass is 354 g/mol. The summed E-state index contributed by atoms with van der Waals surface area (Å²) in [5.74, 6) is -0.442. The molecule has 0 spiro atoms. The first-order chi connectivity index (χ1) is 12.6. The number of nitrogens with one attached hydrogen (secondary N) is 2. The van der Waals surface area contributed by atoms with E-state index in [2.05, 4.69) is 25.4 Å². The molecule has 2 N–H and O–H groups in total. The number of H-pyrrole nitrogens is 1. The number of nitrogens with zero attached hydrogens (tertiary/aromatic N) is 2. The van der Waals surface area contributed by atoms with Gasteiger partial charge in [-0.15, -0.1) is 0 Å². The highest BCUT2D eigenvalue weighted by atomic mass is 16.7. The van der Waals surface area contributed by atoms with Crippen LogP contribution >= 0.6 is 0 Å². The molecule has 1 aliphatic rings. The Kier molecular flexibility index (Phi) is 3.68. The number of carbonyl (C=O) groups is 1. The van der Waals surface area contributed by atoms with Gasteiger partial charge < -0.3 is 19.8 Å². The van der Waals surface area contributed by atoms with Crippen LogP contribution in [0.4, 0.5) is 10.5 Å². The fourth-order valence-electron chi connectivity index (χ4n) is 3.12. The number of hydrogen-bond acceptors (Lipinski definition) is 8. The van der Waals surface area contributed by atoms with E-state index in [0.717, 1.165) is 0 Å². The van der Waals surface area contributed by atoms with Gasteiger partial charge in [-0.05, 0) is 34.9 Å². The highest BCUT2D eigenvalue weighted by Gasteiger charge is 2.35. The van der Waals surface area contributed by atoms with Crippen molar-refractivity contribution in [3.05, 3.63) is 63.4 Å². The molecular weight excluding hydrogens is 340 g/mol. The summed E-state index contributed by atoms with van der Waals surface area (Å²) < 4.78 is 14.8. The van der Waals surface area contributed by atoms with E-state index in [0.29, 0.717) is 33.5 Å². The number of rotatable bonds is 2. The molecule has 3 heterocycles. The number of hydrogen-bond donors (Lipinski definition) is 2. The minimum Gasteiger partial charge on any atom is -0.437 e. The van der Waals surface area contributed by atoms with E-state index >= 15 is 0 Å². The molecule has 4 rings (SSSR count). The van der Waals surface area contributed by atoms with Crippen molar-refractivity contribution in [1.29, 1.82) is 0 Å². The second kappa shape index (κ2) is 6.03. The van der Waals surface area contributed by atoms with Crippen molar-refractivity contribution >= 4 is 22.9 Å². The van der Waals surface area contributed by atoms with Crippen LogP contribution in [-0.4, -0.2) is 28.6 Å². The van der Waals surface area contributed by atoms with E-state index in [-0.39, 0.29) is 11.3 Å². The van der Waals surface area contributed by atoms with Crippen molar-refractivity contribution in [2.75, 3.05) is 12.4 Å². The Morgan fingerprint density at radius 2 is 2.12 bits per heavy atom. The number of ether oxygens (including phenoxy) is 2. The van der Waals surface area contributed by atoms with Gasteiger partial charge in [-0.2, -0.15) is 0 Å². The first kappa shape index (κ1) is 15.9. The number of carbonyl (C=O) groups excluding carboxylic acids is 1. The number of aromatic amines is 1. The van der Waals surface area contributed by atoms with E-state index in [1.165, 1.54) is 7.11 Å². The van der Waals surface area contributed by atoms with E-state index in [1.807, 2.05) is 0 Å². The minimum atomic E-state index is -0.882. The number of pyridine rings is 1. The molecule has 1 unspecified atom stereocenters. The van der Waals surface area contributed by atoms with Crippen LogP contribution in [0, 0.1) is 0 Å². The maximum atomic E-state index is 12.6. The Labute approximate surface area is 146 Å². The van der Waals surface area contributed by atoms with Crippen LogP contribution in [0.15, 0.2) is 51.3 Å². The van der Waals surface area contributed by atoms with Gasteiger partial charge in [0.15, 0.2) is 0 Å².